The molecule has 1 saturated carbocycles. The molecule has 0 aromatic heterocycles. The van der Waals surface area contributed by atoms with Gasteiger partial charge in [-0.15, -0.1) is 0 Å². The molecule has 2 nitrogen and oxygen atoms in total. The van der Waals surface area contributed by atoms with Crippen molar-refractivity contribution < 1.29 is 17.9 Å². The summed E-state index contributed by atoms with van der Waals surface area (Å²) in [6.07, 6.45) is 2.20. The number of rotatable bonds is 5. The van der Waals surface area contributed by atoms with Crippen LogP contribution in [0.3, 0.4) is 0 Å². The van der Waals surface area contributed by atoms with Gasteiger partial charge >= 0.3 is 0 Å². The van der Waals surface area contributed by atoms with E-state index in [2.05, 4.69) is 5.32 Å². The smallest absolute Gasteiger partial charge is 0.201 e. The summed E-state index contributed by atoms with van der Waals surface area (Å²) < 4.78 is 45.6. The minimum atomic E-state index is -1.05. The molecule has 21 heavy (non-hydrogen) atoms. The number of hydrogen-bond acceptors (Lipinski definition) is 2. The second-order valence-corrected chi connectivity index (χ2v) is 5.06. The number of benzene rings is 2. The van der Waals surface area contributed by atoms with Gasteiger partial charge in [0.05, 0.1) is 0 Å². The molecule has 0 unspecified atom stereocenters. The molecule has 2 aromatic carbocycles. The maximum absolute atomic E-state index is 13.6. The lowest BCUT2D eigenvalue weighted by Gasteiger charge is -2.12. The van der Waals surface area contributed by atoms with Crippen LogP contribution in [0.15, 0.2) is 36.4 Å². The van der Waals surface area contributed by atoms with Gasteiger partial charge in [0, 0.05) is 18.2 Å². The molecule has 0 aliphatic heterocycles. The van der Waals surface area contributed by atoms with Gasteiger partial charge < -0.3 is 10.1 Å². The molecule has 5 heteroatoms. The number of hydrogen-bond donors (Lipinski definition) is 1. The zero-order valence-corrected chi connectivity index (χ0v) is 11.2. The molecule has 1 N–H and O–H groups in total. The summed E-state index contributed by atoms with van der Waals surface area (Å²) in [6.45, 7) is 0.425. The van der Waals surface area contributed by atoms with E-state index >= 15 is 0 Å². The summed E-state index contributed by atoms with van der Waals surface area (Å²) in [5, 5.41) is 3.24. The van der Waals surface area contributed by atoms with E-state index in [-0.39, 0.29) is 5.75 Å². The van der Waals surface area contributed by atoms with Gasteiger partial charge in [0.1, 0.15) is 11.6 Å². The van der Waals surface area contributed by atoms with Gasteiger partial charge in [0.15, 0.2) is 11.6 Å². The van der Waals surface area contributed by atoms with Crippen molar-refractivity contribution in [2.24, 2.45) is 0 Å². The molecule has 1 aliphatic carbocycles. The molecule has 0 bridgehead atoms. The van der Waals surface area contributed by atoms with Gasteiger partial charge in [-0.2, -0.15) is 4.39 Å². The van der Waals surface area contributed by atoms with Gasteiger partial charge in [-0.3, -0.25) is 0 Å². The zero-order chi connectivity index (χ0) is 14.8. The Morgan fingerprint density at radius 1 is 1.05 bits per heavy atom. The normalized spacial score (nSPS) is 14.2. The van der Waals surface area contributed by atoms with Crippen molar-refractivity contribution in [3.8, 4) is 11.5 Å². The quantitative estimate of drug-likeness (QED) is 0.894. The van der Waals surface area contributed by atoms with Crippen LogP contribution in [-0.2, 0) is 6.54 Å². The SMILES string of the molecule is Fc1ccc(Oc2cccc(F)c2F)c(CNC2CC2)c1. The van der Waals surface area contributed by atoms with Crippen molar-refractivity contribution in [1.29, 1.82) is 0 Å². The first-order chi connectivity index (χ1) is 10.1. The topological polar surface area (TPSA) is 21.3 Å². The molecule has 0 saturated heterocycles. The molecule has 1 aliphatic rings. The van der Waals surface area contributed by atoms with Crippen LogP contribution in [0.4, 0.5) is 13.2 Å². The summed E-state index contributed by atoms with van der Waals surface area (Å²) in [5.41, 5.74) is 0.575. The molecular formula is C16H14F3NO. The molecule has 0 amide bonds. The molecule has 0 radical (unpaired) electrons. The predicted molar refractivity (Wildman–Crippen MR) is 72.7 cm³/mol. The van der Waals surface area contributed by atoms with Crippen LogP contribution in [0.2, 0.25) is 0 Å². The van der Waals surface area contributed by atoms with Crippen LogP contribution in [0.1, 0.15) is 18.4 Å². The maximum Gasteiger partial charge on any atom is 0.201 e. The fraction of sp³-hybridized carbons (Fsp3) is 0.250. The van der Waals surface area contributed by atoms with E-state index in [9.17, 15) is 13.2 Å². The highest BCUT2D eigenvalue weighted by atomic mass is 19.2. The molecular weight excluding hydrogens is 279 g/mol. The highest BCUT2D eigenvalue weighted by Crippen LogP contribution is 2.30. The van der Waals surface area contributed by atoms with Gasteiger partial charge in [0.2, 0.25) is 5.82 Å². The van der Waals surface area contributed by atoms with Crippen molar-refractivity contribution in [3.05, 3.63) is 59.4 Å². The van der Waals surface area contributed by atoms with Crippen LogP contribution in [0.5, 0.6) is 11.5 Å². The Labute approximate surface area is 120 Å². The summed E-state index contributed by atoms with van der Waals surface area (Å²) in [5.74, 6) is -2.33. The molecule has 0 atom stereocenters. The predicted octanol–water partition coefficient (Wildman–Crippen LogP) is 4.15. The molecule has 2 aromatic rings. The van der Waals surface area contributed by atoms with Gasteiger partial charge in [-0.25, -0.2) is 8.78 Å². The average molecular weight is 293 g/mol. The van der Waals surface area contributed by atoms with Crippen molar-refractivity contribution in [1.82, 2.24) is 5.32 Å². The lowest BCUT2D eigenvalue weighted by Crippen LogP contribution is -2.16. The highest BCUT2D eigenvalue weighted by molar-refractivity contribution is 5.39. The standard InChI is InChI=1S/C16H14F3NO/c17-11-4-7-14(10(8-11)9-20-12-5-6-12)21-15-3-1-2-13(18)16(15)19/h1-4,7-8,12,20H,5-6,9H2. The van der Waals surface area contributed by atoms with E-state index < -0.39 is 17.5 Å². The number of ether oxygens (including phenoxy) is 1. The summed E-state index contributed by atoms with van der Waals surface area (Å²) in [6, 6.07) is 8.15. The van der Waals surface area contributed by atoms with Crippen molar-refractivity contribution in [2.45, 2.75) is 25.4 Å². The summed E-state index contributed by atoms with van der Waals surface area (Å²) in [4.78, 5) is 0. The molecule has 110 valence electrons. The van der Waals surface area contributed by atoms with Crippen LogP contribution in [-0.4, -0.2) is 6.04 Å². The largest absolute Gasteiger partial charge is 0.454 e. The zero-order valence-electron chi connectivity index (χ0n) is 11.2. The Morgan fingerprint density at radius 3 is 2.62 bits per heavy atom. The van der Waals surface area contributed by atoms with E-state index in [1.165, 1.54) is 30.3 Å². The third kappa shape index (κ3) is 3.36. The first-order valence-electron chi connectivity index (χ1n) is 6.77. The fourth-order valence-corrected chi connectivity index (χ4v) is 2.01. The third-order valence-corrected chi connectivity index (χ3v) is 3.32. The minimum absolute atomic E-state index is 0.214. The van der Waals surface area contributed by atoms with Gasteiger partial charge in [-0.1, -0.05) is 6.07 Å². The lowest BCUT2D eigenvalue weighted by molar-refractivity contribution is 0.410. The van der Waals surface area contributed by atoms with Crippen molar-refractivity contribution in [2.75, 3.05) is 0 Å². The second kappa shape index (κ2) is 5.77. The van der Waals surface area contributed by atoms with Crippen LogP contribution < -0.4 is 10.1 Å². The fourth-order valence-electron chi connectivity index (χ4n) is 2.01. The van der Waals surface area contributed by atoms with E-state index in [0.717, 1.165) is 18.9 Å². The second-order valence-electron chi connectivity index (χ2n) is 5.06. The van der Waals surface area contributed by atoms with Crippen LogP contribution in [0.25, 0.3) is 0 Å². The third-order valence-electron chi connectivity index (χ3n) is 3.32. The Balaban J connectivity index is 1.84. The van der Waals surface area contributed by atoms with Crippen molar-refractivity contribution >= 4 is 0 Å². The first kappa shape index (κ1) is 13.9. The van der Waals surface area contributed by atoms with Gasteiger partial charge in [-0.05, 0) is 43.2 Å². The Bertz CT molecular complexity index is 656. The molecule has 0 spiro atoms. The van der Waals surface area contributed by atoms with Gasteiger partial charge in [0.25, 0.3) is 0 Å². The van der Waals surface area contributed by atoms with E-state index in [4.69, 9.17) is 4.74 Å². The van der Waals surface area contributed by atoms with Crippen molar-refractivity contribution in [3.63, 3.8) is 0 Å². The van der Waals surface area contributed by atoms with E-state index in [0.29, 0.717) is 23.9 Å². The lowest BCUT2D eigenvalue weighted by atomic mass is 10.2. The Hall–Kier alpha value is -2.01. The monoisotopic (exact) mass is 293 g/mol. The minimum Gasteiger partial charge on any atom is -0.454 e. The average Bonchev–Trinajstić information content (AvgIpc) is 3.28. The van der Waals surface area contributed by atoms with Crippen LogP contribution >= 0.6 is 0 Å². The Kier molecular flexibility index (Phi) is 3.84. The molecule has 3 rings (SSSR count). The first-order valence-corrected chi connectivity index (χ1v) is 6.77. The van der Waals surface area contributed by atoms with E-state index in [1.807, 2.05) is 0 Å². The number of halogens is 3. The molecule has 0 heterocycles. The maximum atomic E-state index is 13.6. The highest BCUT2D eigenvalue weighted by Gasteiger charge is 2.21. The Morgan fingerprint density at radius 2 is 1.86 bits per heavy atom. The molecule has 1 fully saturated rings. The summed E-state index contributed by atoms with van der Waals surface area (Å²) in [7, 11) is 0. The summed E-state index contributed by atoms with van der Waals surface area (Å²) >= 11 is 0. The number of nitrogens with one attached hydrogen (secondary N) is 1. The van der Waals surface area contributed by atoms with Crippen LogP contribution in [0, 0.1) is 17.5 Å². The van der Waals surface area contributed by atoms with E-state index in [1.54, 1.807) is 0 Å².